The first-order chi connectivity index (χ1) is 17.2. The van der Waals surface area contributed by atoms with Gasteiger partial charge in [-0.3, -0.25) is 9.59 Å². The van der Waals surface area contributed by atoms with Crippen LogP contribution in [0.4, 0.5) is 0 Å². The Bertz CT molecular complexity index is 1180. The van der Waals surface area contributed by atoms with E-state index in [9.17, 15) is 9.59 Å². The summed E-state index contributed by atoms with van der Waals surface area (Å²) in [5, 5.41) is 2.69. The number of hydrogen-bond acceptors (Lipinski definition) is 5. The summed E-state index contributed by atoms with van der Waals surface area (Å²) in [6.45, 7) is 4.64. The van der Waals surface area contributed by atoms with Crippen LogP contribution in [0, 0.1) is 0 Å². The highest BCUT2D eigenvalue weighted by Gasteiger charge is 2.26. The summed E-state index contributed by atoms with van der Waals surface area (Å²) < 4.78 is 10.7. The van der Waals surface area contributed by atoms with Crippen LogP contribution in [0.15, 0.2) is 53.9 Å². The van der Waals surface area contributed by atoms with Gasteiger partial charge in [-0.1, -0.05) is 35.3 Å². The highest BCUT2D eigenvalue weighted by atomic mass is 35.5. The second-order valence-electron chi connectivity index (χ2n) is 8.48. The number of carbonyl (C=O) groups excluding carboxylic acids is 2. The molecule has 0 aliphatic heterocycles. The number of ether oxygens (including phenoxy) is 2. The maximum absolute atomic E-state index is 13.5. The molecule has 2 amide bonds. The van der Waals surface area contributed by atoms with Gasteiger partial charge >= 0.3 is 0 Å². The Morgan fingerprint density at radius 3 is 2.36 bits per heavy atom. The van der Waals surface area contributed by atoms with Crippen molar-refractivity contribution in [3.8, 4) is 11.5 Å². The smallest absolute Gasteiger partial charge is 0.256 e. The second-order valence-corrected chi connectivity index (χ2v) is 10.4. The first-order valence-corrected chi connectivity index (χ1v) is 13.1. The van der Waals surface area contributed by atoms with E-state index in [0.717, 1.165) is 10.4 Å². The normalized spacial score (nSPS) is 10.9. The number of thiophene rings is 1. The lowest BCUT2D eigenvalue weighted by Crippen LogP contribution is -2.46. The Kier molecular flexibility index (Phi) is 10.0. The van der Waals surface area contributed by atoms with Gasteiger partial charge in [0.15, 0.2) is 11.5 Å². The highest BCUT2D eigenvalue weighted by Crippen LogP contribution is 2.28. The topological polar surface area (TPSA) is 59.1 Å². The fraction of sp³-hybridized carbons (Fsp3) is 0.333. The van der Waals surface area contributed by atoms with E-state index in [1.165, 1.54) is 11.0 Å². The zero-order chi connectivity index (χ0) is 26.2. The Hall–Kier alpha value is -2.74. The van der Waals surface area contributed by atoms with Gasteiger partial charge in [-0.05, 0) is 67.6 Å². The van der Waals surface area contributed by atoms with Crippen molar-refractivity contribution in [1.82, 2.24) is 9.80 Å². The van der Waals surface area contributed by atoms with Crippen LogP contribution in [0.5, 0.6) is 11.5 Å². The minimum Gasteiger partial charge on any atom is -0.493 e. The van der Waals surface area contributed by atoms with Crippen molar-refractivity contribution in [2.45, 2.75) is 32.9 Å². The quantitative estimate of drug-likeness (QED) is 0.286. The van der Waals surface area contributed by atoms with Crippen LogP contribution in [-0.4, -0.2) is 55.0 Å². The van der Waals surface area contributed by atoms with Crippen LogP contribution >= 0.6 is 34.5 Å². The largest absolute Gasteiger partial charge is 0.493 e. The molecular weight excluding hydrogens is 519 g/mol. The monoisotopic (exact) mass is 548 g/mol. The molecule has 9 heteroatoms. The molecule has 0 spiro atoms. The summed E-state index contributed by atoms with van der Waals surface area (Å²) in [6, 6.07) is 14.2. The van der Waals surface area contributed by atoms with Crippen molar-refractivity contribution in [2.24, 2.45) is 0 Å². The lowest BCUT2D eigenvalue weighted by atomic mass is 10.1. The van der Waals surface area contributed by atoms with E-state index in [2.05, 4.69) is 0 Å². The predicted molar refractivity (Wildman–Crippen MR) is 146 cm³/mol. The minimum atomic E-state index is -0.309. The van der Waals surface area contributed by atoms with E-state index in [-0.39, 0.29) is 29.4 Å². The first kappa shape index (κ1) is 27.8. The number of benzene rings is 2. The van der Waals surface area contributed by atoms with Crippen molar-refractivity contribution in [1.29, 1.82) is 0 Å². The van der Waals surface area contributed by atoms with Gasteiger partial charge in [-0.25, -0.2) is 0 Å². The van der Waals surface area contributed by atoms with E-state index in [1.54, 1.807) is 42.6 Å². The Morgan fingerprint density at radius 1 is 1.00 bits per heavy atom. The Labute approximate surface area is 226 Å². The second kappa shape index (κ2) is 13.0. The summed E-state index contributed by atoms with van der Waals surface area (Å²) in [5.74, 6) is 0.842. The summed E-state index contributed by atoms with van der Waals surface area (Å²) in [4.78, 5) is 31.2. The van der Waals surface area contributed by atoms with Crippen molar-refractivity contribution < 1.29 is 19.1 Å². The van der Waals surface area contributed by atoms with Gasteiger partial charge in [0.05, 0.1) is 31.4 Å². The molecule has 2 aromatic carbocycles. The fourth-order valence-corrected chi connectivity index (χ4v) is 4.94. The Morgan fingerprint density at radius 2 is 1.75 bits per heavy atom. The highest BCUT2D eigenvalue weighted by molar-refractivity contribution is 7.09. The van der Waals surface area contributed by atoms with Gasteiger partial charge in [-0.2, -0.15) is 0 Å². The number of hydrogen-bond donors (Lipinski definition) is 0. The SMILES string of the molecule is COc1ccc(CCN(Cc2cccs2)C(=O)CN(C(=O)c2ccc(Cl)cc2Cl)C(C)C)cc1OC. The maximum Gasteiger partial charge on any atom is 0.256 e. The molecule has 3 aromatic rings. The molecule has 192 valence electrons. The summed E-state index contributed by atoms with van der Waals surface area (Å²) >= 11 is 13.9. The maximum atomic E-state index is 13.5. The van der Waals surface area contributed by atoms with Gasteiger partial charge in [0.2, 0.25) is 5.91 Å². The molecule has 0 N–H and O–H groups in total. The molecule has 36 heavy (non-hydrogen) atoms. The van der Waals surface area contributed by atoms with E-state index < -0.39 is 0 Å². The van der Waals surface area contributed by atoms with Crippen molar-refractivity contribution in [2.75, 3.05) is 27.3 Å². The van der Waals surface area contributed by atoms with E-state index in [4.69, 9.17) is 32.7 Å². The molecule has 0 saturated heterocycles. The third kappa shape index (κ3) is 7.15. The lowest BCUT2D eigenvalue weighted by Gasteiger charge is -2.30. The summed E-state index contributed by atoms with van der Waals surface area (Å²) in [7, 11) is 3.19. The molecule has 0 bridgehead atoms. The molecule has 1 aromatic heterocycles. The summed E-state index contributed by atoms with van der Waals surface area (Å²) in [5.41, 5.74) is 1.33. The first-order valence-electron chi connectivity index (χ1n) is 11.5. The van der Waals surface area contributed by atoms with Crippen LogP contribution < -0.4 is 9.47 Å². The van der Waals surface area contributed by atoms with Crippen LogP contribution in [-0.2, 0) is 17.8 Å². The number of rotatable bonds is 11. The van der Waals surface area contributed by atoms with E-state index >= 15 is 0 Å². The average Bonchev–Trinajstić information content (AvgIpc) is 3.37. The number of methoxy groups -OCH3 is 2. The lowest BCUT2D eigenvalue weighted by molar-refractivity contribution is -0.132. The molecule has 0 aliphatic carbocycles. The van der Waals surface area contributed by atoms with Crippen molar-refractivity contribution in [3.63, 3.8) is 0 Å². The Balaban J connectivity index is 1.79. The fourth-order valence-electron chi connectivity index (χ4n) is 3.74. The van der Waals surface area contributed by atoms with Gasteiger partial charge in [-0.15, -0.1) is 11.3 Å². The number of nitrogens with zero attached hydrogens (tertiary/aromatic N) is 2. The molecule has 0 unspecified atom stereocenters. The molecule has 0 atom stereocenters. The number of halogens is 2. The van der Waals surface area contributed by atoms with Crippen LogP contribution in [0.3, 0.4) is 0 Å². The number of amides is 2. The van der Waals surface area contributed by atoms with Crippen LogP contribution in [0.2, 0.25) is 10.0 Å². The standard InChI is InChI=1S/C27H30Cl2N2O4S/c1-18(2)31(27(33)22-9-8-20(28)15-23(22)29)17-26(32)30(16-21-6-5-13-36-21)12-11-19-7-10-24(34-3)25(14-19)35-4/h5-10,13-15,18H,11-12,16-17H2,1-4H3. The molecule has 0 aliphatic rings. The third-order valence-corrected chi connectivity index (χ3v) is 7.16. The van der Waals surface area contributed by atoms with Gasteiger partial charge in [0.1, 0.15) is 6.54 Å². The van der Waals surface area contributed by atoms with Gasteiger partial charge in [0, 0.05) is 22.5 Å². The molecule has 3 rings (SSSR count). The molecule has 1 heterocycles. The minimum absolute atomic E-state index is 0.0627. The average molecular weight is 550 g/mol. The molecule has 6 nitrogen and oxygen atoms in total. The van der Waals surface area contributed by atoms with Gasteiger partial charge < -0.3 is 19.3 Å². The van der Waals surface area contributed by atoms with E-state index in [0.29, 0.717) is 41.6 Å². The van der Waals surface area contributed by atoms with Crippen LogP contribution in [0.1, 0.15) is 34.6 Å². The molecule has 0 fully saturated rings. The molecule has 0 radical (unpaired) electrons. The van der Waals surface area contributed by atoms with Crippen molar-refractivity contribution in [3.05, 3.63) is 80.0 Å². The predicted octanol–water partition coefficient (Wildman–Crippen LogP) is 6.19. The zero-order valence-electron chi connectivity index (χ0n) is 20.8. The summed E-state index contributed by atoms with van der Waals surface area (Å²) in [6.07, 6.45) is 0.621. The number of carbonyl (C=O) groups is 2. The van der Waals surface area contributed by atoms with Crippen LogP contribution in [0.25, 0.3) is 0 Å². The van der Waals surface area contributed by atoms with Crippen molar-refractivity contribution >= 4 is 46.4 Å². The van der Waals surface area contributed by atoms with Gasteiger partial charge in [0.25, 0.3) is 5.91 Å². The zero-order valence-corrected chi connectivity index (χ0v) is 23.1. The molecular formula is C27H30Cl2N2O4S. The van der Waals surface area contributed by atoms with E-state index in [1.807, 2.05) is 49.6 Å². The molecule has 0 saturated carbocycles. The third-order valence-electron chi connectivity index (χ3n) is 5.75.